The topological polar surface area (TPSA) is 0 Å². The van der Waals surface area contributed by atoms with Crippen molar-refractivity contribution < 1.29 is 0 Å². The summed E-state index contributed by atoms with van der Waals surface area (Å²) in [7, 11) is 0. The van der Waals surface area contributed by atoms with Crippen LogP contribution in [0.3, 0.4) is 0 Å². The lowest BCUT2D eigenvalue weighted by atomic mass is 9.56. The van der Waals surface area contributed by atoms with Crippen LogP contribution in [0.25, 0.3) is 0 Å². The first kappa shape index (κ1) is 11.0. The summed E-state index contributed by atoms with van der Waals surface area (Å²) in [4.78, 5) is 1.36. The quantitative estimate of drug-likeness (QED) is 0.472. The molecule has 1 unspecified atom stereocenters. The van der Waals surface area contributed by atoms with E-state index in [1.54, 1.807) is 0 Å². The van der Waals surface area contributed by atoms with E-state index in [0.29, 0.717) is 18.3 Å². The van der Waals surface area contributed by atoms with Crippen molar-refractivity contribution in [2.24, 2.45) is 11.8 Å². The molecule has 0 amide bonds. The number of halogens is 4. The van der Waals surface area contributed by atoms with Crippen LogP contribution < -0.4 is 0 Å². The molecule has 4 saturated carbocycles. The third kappa shape index (κ3) is 1.32. The van der Waals surface area contributed by atoms with Gasteiger partial charge in [0.1, 0.15) is 0 Å². The SMILES string of the molecule is BrC1[C@@H]2C[C@@H]3C[C@@]1(Br)C[C@](Br)(C2)[C@H]3Br. The van der Waals surface area contributed by atoms with E-state index in [4.69, 9.17) is 0 Å². The van der Waals surface area contributed by atoms with Gasteiger partial charge in [0, 0.05) is 18.3 Å². The van der Waals surface area contributed by atoms with Crippen LogP contribution in [-0.2, 0) is 0 Å². The first-order valence-electron chi connectivity index (χ1n) is 5.11. The van der Waals surface area contributed by atoms with Gasteiger partial charge in [0.15, 0.2) is 0 Å². The lowest BCUT2D eigenvalue weighted by Crippen LogP contribution is -2.64. The maximum atomic E-state index is 3.99. The van der Waals surface area contributed by atoms with Crippen molar-refractivity contribution in [1.29, 1.82) is 0 Å². The Kier molecular flexibility index (Phi) is 2.55. The first-order chi connectivity index (χ1) is 6.45. The molecule has 0 spiro atoms. The zero-order valence-corrected chi connectivity index (χ0v) is 14.0. The Hall–Kier alpha value is 1.92. The highest BCUT2D eigenvalue weighted by Gasteiger charge is 2.63. The average molecular weight is 452 g/mol. The minimum atomic E-state index is 0.354. The van der Waals surface area contributed by atoms with Gasteiger partial charge in [0.25, 0.3) is 0 Å². The Morgan fingerprint density at radius 1 is 0.857 bits per heavy atom. The van der Waals surface area contributed by atoms with Crippen molar-refractivity contribution in [1.82, 2.24) is 0 Å². The molecule has 4 bridgehead atoms. The summed E-state index contributed by atoms with van der Waals surface area (Å²) in [6.07, 6.45) is 5.29. The van der Waals surface area contributed by atoms with Gasteiger partial charge in [-0.15, -0.1) is 0 Å². The van der Waals surface area contributed by atoms with Crippen molar-refractivity contribution in [3.63, 3.8) is 0 Å². The molecule has 0 nitrogen and oxygen atoms in total. The van der Waals surface area contributed by atoms with Crippen molar-refractivity contribution >= 4 is 63.7 Å². The van der Waals surface area contributed by atoms with E-state index in [0.717, 1.165) is 11.8 Å². The highest BCUT2D eigenvalue weighted by atomic mass is 79.9. The first-order valence-corrected chi connectivity index (χ1v) is 8.52. The van der Waals surface area contributed by atoms with Crippen molar-refractivity contribution in [3.8, 4) is 0 Å². The van der Waals surface area contributed by atoms with Gasteiger partial charge >= 0.3 is 0 Å². The normalized spacial score (nSPS) is 66.0. The van der Waals surface area contributed by atoms with Gasteiger partial charge in [-0.1, -0.05) is 63.7 Å². The van der Waals surface area contributed by atoms with Crippen molar-refractivity contribution in [2.45, 2.75) is 44.0 Å². The van der Waals surface area contributed by atoms with Crippen LogP contribution in [0.5, 0.6) is 0 Å². The summed E-state index contributed by atoms with van der Waals surface area (Å²) < 4.78 is 0.708. The molecule has 0 aromatic rings. The second-order valence-electron chi connectivity index (χ2n) is 5.21. The van der Waals surface area contributed by atoms with Gasteiger partial charge in [-0.3, -0.25) is 0 Å². The highest BCUT2D eigenvalue weighted by molar-refractivity contribution is 9.13. The monoisotopic (exact) mass is 448 g/mol. The molecule has 4 aliphatic carbocycles. The summed E-state index contributed by atoms with van der Waals surface area (Å²) in [5, 5.41) is 0. The maximum absolute atomic E-state index is 3.99. The van der Waals surface area contributed by atoms with Crippen LogP contribution in [0, 0.1) is 11.8 Å². The lowest BCUT2D eigenvalue weighted by Gasteiger charge is -2.63. The van der Waals surface area contributed by atoms with Gasteiger partial charge in [-0.05, 0) is 37.5 Å². The fourth-order valence-electron chi connectivity index (χ4n) is 3.77. The Morgan fingerprint density at radius 2 is 1.29 bits per heavy atom. The summed E-state index contributed by atoms with van der Waals surface area (Å²) >= 11 is 15.8. The van der Waals surface area contributed by atoms with E-state index in [9.17, 15) is 0 Å². The molecule has 6 atom stereocenters. The maximum Gasteiger partial charge on any atom is 0.0402 e. The van der Waals surface area contributed by atoms with Gasteiger partial charge in [-0.25, -0.2) is 0 Å². The predicted octanol–water partition coefficient (Wildman–Crippen LogP) is 4.61. The summed E-state index contributed by atoms with van der Waals surface area (Å²) in [6.45, 7) is 0. The van der Waals surface area contributed by atoms with Crippen LogP contribution in [0.4, 0.5) is 0 Å². The molecule has 4 rings (SSSR count). The molecule has 0 saturated heterocycles. The molecule has 4 heteroatoms. The molecule has 80 valence electrons. The molecule has 0 N–H and O–H groups in total. The molecule has 0 heterocycles. The number of alkyl halides is 4. The molecule has 0 aromatic carbocycles. The zero-order valence-electron chi connectivity index (χ0n) is 7.65. The van der Waals surface area contributed by atoms with E-state index >= 15 is 0 Å². The summed E-state index contributed by atoms with van der Waals surface area (Å²) in [5.74, 6) is 1.71. The largest absolute Gasteiger partial charge is 0.0872 e. The van der Waals surface area contributed by atoms with E-state index in [1.807, 2.05) is 0 Å². The Morgan fingerprint density at radius 3 is 1.64 bits per heavy atom. The molecule has 4 aliphatic rings. The molecule has 0 radical (unpaired) electrons. The van der Waals surface area contributed by atoms with E-state index in [1.165, 1.54) is 25.7 Å². The third-order valence-corrected chi connectivity index (χ3v) is 10.9. The minimum Gasteiger partial charge on any atom is -0.0872 e. The van der Waals surface area contributed by atoms with Gasteiger partial charge in [-0.2, -0.15) is 0 Å². The Labute approximate surface area is 118 Å². The Bertz CT molecular complexity index is 255. The van der Waals surface area contributed by atoms with Crippen LogP contribution >= 0.6 is 63.7 Å². The lowest BCUT2D eigenvalue weighted by molar-refractivity contribution is 0.0823. The zero-order chi connectivity index (χ0) is 10.1. The number of hydrogen-bond donors (Lipinski definition) is 0. The van der Waals surface area contributed by atoms with Crippen LogP contribution in [-0.4, -0.2) is 18.3 Å². The predicted molar refractivity (Wildman–Crippen MR) is 74.2 cm³/mol. The van der Waals surface area contributed by atoms with Gasteiger partial charge in [0.05, 0.1) is 0 Å². The average Bonchev–Trinajstić information content (AvgIpc) is 2.06. The van der Waals surface area contributed by atoms with Gasteiger partial charge < -0.3 is 0 Å². The van der Waals surface area contributed by atoms with Gasteiger partial charge in [0.2, 0.25) is 0 Å². The van der Waals surface area contributed by atoms with E-state index in [2.05, 4.69) is 63.7 Å². The van der Waals surface area contributed by atoms with Crippen molar-refractivity contribution in [2.75, 3.05) is 0 Å². The third-order valence-electron chi connectivity index (χ3n) is 4.21. The fourth-order valence-corrected chi connectivity index (χ4v) is 8.23. The number of rotatable bonds is 0. The molecule has 4 fully saturated rings. The molecule has 0 aromatic heterocycles. The summed E-state index contributed by atoms with van der Waals surface area (Å²) in [6, 6.07) is 0. The minimum absolute atomic E-state index is 0.354. The van der Waals surface area contributed by atoms with Crippen LogP contribution in [0.2, 0.25) is 0 Å². The smallest absolute Gasteiger partial charge is 0.0402 e. The second kappa shape index (κ2) is 3.23. The standard InChI is InChI=1S/C10H12Br4/c11-7-5-1-6-3-10(7,14)4-9(13,2-5)8(6)12/h5-8H,1-4H2/t5-,6-,7+,8?,9-,10-/m1/s1. The molecular weight excluding hydrogens is 440 g/mol. The van der Waals surface area contributed by atoms with Crippen LogP contribution in [0.1, 0.15) is 25.7 Å². The van der Waals surface area contributed by atoms with E-state index in [-0.39, 0.29) is 0 Å². The van der Waals surface area contributed by atoms with Crippen molar-refractivity contribution in [3.05, 3.63) is 0 Å². The molecular formula is C10H12Br4. The summed E-state index contributed by atoms with van der Waals surface area (Å²) in [5.41, 5.74) is 0. The fraction of sp³-hybridized carbons (Fsp3) is 1.00. The second-order valence-corrected chi connectivity index (χ2v) is 10.3. The van der Waals surface area contributed by atoms with Crippen LogP contribution in [0.15, 0.2) is 0 Å². The molecule has 14 heavy (non-hydrogen) atoms. The van der Waals surface area contributed by atoms with E-state index < -0.39 is 0 Å². The number of hydrogen-bond acceptors (Lipinski definition) is 0. The molecule has 0 aliphatic heterocycles. The Balaban J connectivity index is 2.03. The highest BCUT2D eigenvalue weighted by Crippen LogP contribution is 2.66.